The molecule has 114 valence electrons. The smallest absolute Gasteiger partial charge is 0.0359 e. The summed E-state index contributed by atoms with van der Waals surface area (Å²) in [5.74, 6) is 0. The van der Waals surface area contributed by atoms with Crippen LogP contribution in [0.2, 0.25) is 0 Å². The average molecular weight is 284 g/mol. The number of hydrogen-bond acceptors (Lipinski definition) is 2. The van der Waals surface area contributed by atoms with Crippen molar-refractivity contribution in [2.75, 3.05) is 6.54 Å². The summed E-state index contributed by atoms with van der Waals surface area (Å²) in [7, 11) is 0. The van der Waals surface area contributed by atoms with E-state index in [1.54, 1.807) is 11.1 Å². The molecule has 2 aliphatic heterocycles. The Bertz CT molecular complexity index is 484. The van der Waals surface area contributed by atoms with Crippen molar-refractivity contribution >= 4 is 0 Å². The van der Waals surface area contributed by atoms with Crippen molar-refractivity contribution in [2.24, 2.45) is 0 Å². The third-order valence-corrected chi connectivity index (χ3v) is 5.99. The van der Waals surface area contributed by atoms with Gasteiger partial charge < -0.3 is 5.32 Å². The lowest BCUT2D eigenvalue weighted by atomic mass is 9.80. The van der Waals surface area contributed by atoms with Crippen molar-refractivity contribution in [2.45, 2.75) is 76.0 Å². The van der Waals surface area contributed by atoms with Gasteiger partial charge in [-0.25, -0.2) is 0 Å². The topological polar surface area (TPSA) is 15.3 Å². The molecule has 0 radical (unpaired) electrons. The van der Waals surface area contributed by atoms with Crippen LogP contribution < -0.4 is 5.32 Å². The Balaban J connectivity index is 1.58. The van der Waals surface area contributed by atoms with Crippen molar-refractivity contribution in [1.82, 2.24) is 10.2 Å². The van der Waals surface area contributed by atoms with E-state index in [-0.39, 0.29) is 0 Å². The molecule has 0 saturated carbocycles. The summed E-state index contributed by atoms with van der Waals surface area (Å²) >= 11 is 0. The van der Waals surface area contributed by atoms with Gasteiger partial charge in [0, 0.05) is 24.2 Å². The fourth-order valence-corrected chi connectivity index (χ4v) is 5.23. The van der Waals surface area contributed by atoms with Gasteiger partial charge in [0.1, 0.15) is 0 Å². The summed E-state index contributed by atoms with van der Waals surface area (Å²) in [6, 6.07) is 12.3. The first-order valence-electron chi connectivity index (χ1n) is 8.95. The van der Waals surface area contributed by atoms with Crippen molar-refractivity contribution in [3.05, 3.63) is 35.4 Å². The van der Waals surface area contributed by atoms with E-state index in [2.05, 4.69) is 41.4 Å². The molecule has 1 aromatic rings. The molecule has 0 spiro atoms. The molecule has 3 unspecified atom stereocenters. The lowest BCUT2D eigenvalue weighted by Crippen LogP contribution is -2.56. The molecule has 1 aliphatic carbocycles. The Hall–Kier alpha value is -0.860. The van der Waals surface area contributed by atoms with E-state index in [9.17, 15) is 0 Å². The molecule has 2 heterocycles. The van der Waals surface area contributed by atoms with Gasteiger partial charge in [0.15, 0.2) is 0 Å². The maximum absolute atomic E-state index is 3.72. The molecule has 3 atom stereocenters. The van der Waals surface area contributed by atoms with E-state index in [1.807, 2.05) is 0 Å². The zero-order valence-corrected chi connectivity index (χ0v) is 13.2. The molecule has 1 aromatic carbocycles. The fraction of sp³-hybridized carbons (Fsp3) is 0.684. The third kappa shape index (κ3) is 2.43. The zero-order valence-electron chi connectivity index (χ0n) is 13.2. The molecule has 3 aliphatic rings. The van der Waals surface area contributed by atoms with Crippen LogP contribution in [-0.4, -0.2) is 29.6 Å². The van der Waals surface area contributed by atoms with Gasteiger partial charge >= 0.3 is 0 Å². The third-order valence-electron chi connectivity index (χ3n) is 5.99. The first-order chi connectivity index (χ1) is 10.4. The van der Waals surface area contributed by atoms with E-state index in [4.69, 9.17) is 0 Å². The lowest BCUT2D eigenvalue weighted by Gasteiger charge is -2.52. The minimum Gasteiger partial charge on any atom is -0.314 e. The molecule has 2 fully saturated rings. The number of benzene rings is 1. The maximum atomic E-state index is 3.72. The van der Waals surface area contributed by atoms with Gasteiger partial charge in [0.25, 0.3) is 0 Å². The van der Waals surface area contributed by atoms with Crippen molar-refractivity contribution in [3.8, 4) is 0 Å². The van der Waals surface area contributed by atoms with Crippen LogP contribution in [0.15, 0.2) is 24.3 Å². The Morgan fingerprint density at radius 2 is 1.86 bits per heavy atom. The van der Waals surface area contributed by atoms with E-state index in [0.717, 1.165) is 24.7 Å². The van der Waals surface area contributed by atoms with Crippen molar-refractivity contribution in [3.63, 3.8) is 0 Å². The molecular weight excluding hydrogens is 256 g/mol. The molecule has 1 N–H and O–H groups in total. The van der Waals surface area contributed by atoms with Crippen molar-refractivity contribution in [1.29, 1.82) is 0 Å². The van der Waals surface area contributed by atoms with Crippen LogP contribution in [-0.2, 0) is 6.42 Å². The van der Waals surface area contributed by atoms with Crippen LogP contribution in [0.25, 0.3) is 0 Å². The van der Waals surface area contributed by atoms with Gasteiger partial charge in [-0.3, -0.25) is 4.90 Å². The van der Waals surface area contributed by atoms with Crippen LogP contribution in [0.5, 0.6) is 0 Å². The van der Waals surface area contributed by atoms with E-state index in [0.29, 0.717) is 6.04 Å². The van der Waals surface area contributed by atoms with Gasteiger partial charge in [-0.05, 0) is 56.2 Å². The number of nitrogens with one attached hydrogen (secondary N) is 1. The quantitative estimate of drug-likeness (QED) is 0.911. The first-order valence-corrected chi connectivity index (χ1v) is 8.95. The van der Waals surface area contributed by atoms with Crippen LogP contribution in [0.4, 0.5) is 0 Å². The van der Waals surface area contributed by atoms with Crippen LogP contribution in [0, 0.1) is 0 Å². The van der Waals surface area contributed by atoms with Gasteiger partial charge in [0.05, 0.1) is 0 Å². The molecule has 2 nitrogen and oxygen atoms in total. The average Bonchev–Trinajstić information content (AvgIpc) is 2.90. The summed E-state index contributed by atoms with van der Waals surface area (Å²) in [4.78, 5) is 2.93. The molecule has 2 heteroatoms. The highest BCUT2D eigenvalue weighted by Gasteiger charge is 2.43. The first kappa shape index (κ1) is 13.8. The zero-order chi connectivity index (χ0) is 14.2. The second-order valence-electron chi connectivity index (χ2n) is 7.17. The minimum absolute atomic E-state index is 0.707. The van der Waals surface area contributed by atoms with Crippen LogP contribution >= 0.6 is 0 Å². The number of aryl methyl sites for hydroxylation is 1. The summed E-state index contributed by atoms with van der Waals surface area (Å²) in [6.45, 7) is 3.37. The largest absolute Gasteiger partial charge is 0.314 e. The maximum Gasteiger partial charge on any atom is 0.0359 e. The SMILES string of the molecule is CCNC1CC2CCCC(C1)N2C1CCc2ccccc21. The Labute approximate surface area is 128 Å². The van der Waals surface area contributed by atoms with E-state index >= 15 is 0 Å². The Kier molecular flexibility index (Phi) is 3.76. The highest BCUT2D eigenvalue weighted by atomic mass is 15.2. The van der Waals surface area contributed by atoms with Gasteiger partial charge in [-0.2, -0.15) is 0 Å². The molecule has 0 amide bonds. The Morgan fingerprint density at radius 3 is 2.62 bits per heavy atom. The van der Waals surface area contributed by atoms with Gasteiger partial charge in [0.2, 0.25) is 0 Å². The van der Waals surface area contributed by atoms with Gasteiger partial charge in [-0.15, -0.1) is 0 Å². The summed E-state index contributed by atoms with van der Waals surface area (Å²) in [6.07, 6.45) is 9.63. The van der Waals surface area contributed by atoms with Crippen LogP contribution in [0.3, 0.4) is 0 Å². The molecule has 0 aromatic heterocycles. The monoisotopic (exact) mass is 284 g/mol. The van der Waals surface area contributed by atoms with E-state index in [1.165, 1.54) is 44.9 Å². The summed E-state index contributed by atoms with van der Waals surface area (Å²) in [5.41, 5.74) is 3.24. The summed E-state index contributed by atoms with van der Waals surface area (Å²) < 4.78 is 0. The lowest BCUT2D eigenvalue weighted by molar-refractivity contribution is -0.0112. The molecule has 2 saturated heterocycles. The van der Waals surface area contributed by atoms with Gasteiger partial charge in [-0.1, -0.05) is 37.6 Å². The fourth-order valence-electron chi connectivity index (χ4n) is 5.23. The number of nitrogens with zero attached hydrogens (tertiary/aromatic N) is 1. The Morgan fingerprint density at radius 1 is 1.10 bits per heavy atom. The van der Waals surface area contributed by atoms with E-state index < -0.39 is 0 Å². The van der Waals surface area contributed by atoms with Crippen LogP contribution in [0.1, 0.15) is 62.6 Å². The molecule has 2 bridgehead atoms. The number of piperidine rings is 2. The molecular formula is C19H28N2. The highest BCUT2D eigenvalue weighted by Crippen LogP contribution is 2.45. The number of fused-ring (bicyclic) bond motifs is 3. The molecule has 4 rings (SSSR count). The second-order valence-corrected chi connectivity index (χ2v) is 7.17. The predicted molar refractivity (Wildman–Crippen MR) is 87.5 cm³/mol. The summed E-state index contributed by atoms with van der Waals surface area (Å²) in [5, 5.41) is 3.72. The second kappa shape index (κ2) is 5.73. The standard InChI is InChI=1S/C19H28N2/c1-2-20-15-12-16-7-5-8-17(13-15)21(16)19-11-10-14-6-3-4-9-18(14)19/h3-4,6,9,15-17,19-20H,2,5,7-8,10-13H2,1H3. The number of hydrogen-bond donors (Lipinski definition) is 1. The number of rotatable bonds is 3. The van der Waals surface area contributed by atoms with Crippen molar-refractivity contribution < 1.29 is 0 Å². The highest BCUT2D eigenvalue weighted by molar-refractivity contribution is 5.35. The predicted octanol–water partition coefficient (Wildman–Crippen LogP) is 3.67. The molecule has 21 heavy (non-hydrogen) atoms. The minimum atomic E-state index is 0.707. The normalized spacial score (nSPS) is 35.7.